The van der Waals surface area contributed by atoms with Crippen LogP contribution in [0.3, 0.4) is 0 Å². The van der Waals surface area contributed by atoms with Gasteiger partial charge >= 0.3 is 0 Å². The topological polar surface area (TPSA) is 38.3 Å². The van der Waals surface area contributed by atoms with Gasteiger partial charge in [-0.3, -0.25) is 4.79 Å². The highest BCUT2D eigenvalue weighted by Gasteiger charge is 2.16. The van der Waals surface area contributed by atoms with Gasteiger partial charge in [-0.1, -0.05) is 27.5 Å². The third-order valence-electron chi connectivity index (χ3n) is 3.52. The fourth-order valence-electron chi connectivity index (χ4n) is 2.20. The molecule has 0 aliphatic rings. The highest BCUT2D eigenvalue weighted by molar-refractivity contribution is 9.10. The molecule has 1 amide bonds. The zero-order valence-corrected chi connectivity index (χ0v) is 15.9. The predicted molar refractivity (Wildman–Crippen MR) is 98.5 cm³/mol. The molecule has 0 saturated carbocycles. The second-order valence-electron chi connectivity index (χ2n) is 5.58. The van der Waals surface area contributed by atoms with E-state index in [4.69, 9.17) is 16.3 Å². The largest absolute Gasteiger partial charge is 0.481 e. The van der Waals surface area contributed by atoms with E-state index in [-0.39, 0.29) is 5.91 Å². The Labute approximate surface area is 150 Å². The first-order chi connectivity index (χ1) is 10.8. The highest BCUT2D eigenvalue weighted by Crippen LogP contribution is 2.26. The summed E-state index contributed by atoms with van der Waals surface area (Å²) < 4.78 is 6.75. The molecular formula is C18H19BrClNO2. The number of ether oxygens (including phenoxy) is 1. The van der Waals surface area contributed by atoms with Gasteiger partial charge in [0.2, 0.25) is 0 Å². The quantitative estimate of drug-likeness (QED) is 0.748. The van der Waals surface area contributed by atoms with Crippen molar-refractivity contribution < 1.29 is 9.53 Å². The molecule has 1 atom stereocenters. The van der Waals surface area contributed by atoms with E-state index in [1.807, 2.05) is 51.1 Å². The first-order valence-electron chi connectivity index (χ1n) is 7.28. The molecule has 0 saturated heterocycles. The third kappa shape index (κ3) is 4.49. The van der Waals surface area contributed by atoms with Gasteiger partial charge in [-0.25, -0.2) is 0 Å². The van der Waals surface area contributed by atoms with Gasteiger partial charge in [0, 0.05) is 15.2 Å². The summed E-state index contributed by atoms with van der Waals surface area (Å²) in [5.74, 6) is 0.441. The fraction of sp³-hybridized carbons (Fsp3) is 0.278. The number of benzene rings is 2. The van der Waals surface area contributed by atoms with Crippen LogP contribution in [0.4, 0.5) is 5.69 Å². The van der Waals surface area contributed by atoms with Crippen LogP contribution < -0.4 is 10.1 Å². The zero-order valence-electron chi connectivity index (χ0n) is 13.5. The molecule has 2 rings (SSSR count). The van der Waals surface area contributed by atoms with Crippen LogP contribution in [0.1, 0.15) is 23.6 Å². The molecular weight excluding hydrogens is 378 g/mol. The second kappa shape index (κ2) is 7.37. The lowest BCUT2D eigenvalue weighted by atomic mass is 10.1. The number of rotatable bonds is 4. The van der Waals surface area contributed by atoms with Crippen LogP contribution in [-0.2, 0) is 4.79 Å². The van der Waals surface area contributed by atoms with Crippen molar-refractivity contribution in [3.05, 3.63) is 56.5 Å². The summed E-state index contributed by atoms with van der Waals surface area (Å²) in [5.41, 5.74) is 3.66. The Hall–Kier alpha value is -1.52. The molecule has 0 fully saturated rings. The van der Waals surface area contributed by atoms with Crippen LogP contribution in [0.25, 0.3) is 0 Å². The van der Waals surface area contributed by atoms with Crippen LogP contribution in [0, 0.1) is 20.8 Å². The van der Waals surface area contributed by atoms with Gasteiger partial charge in [0.25, 0.3) is 5.91 Å². The summed E-state index contributed by atoms with van der Waals surface area (Å²) in [6.45, 7) is 7.52. The molecule has 122 valence electrons. The summed E-state index contributed by atoms with van der Waals surface area (Å²) in [5, 5.41) is 3.58. The first kappa shape index (κ1) is 17.8. The molecule has 0 unspecified atom stereocenters. The number of nitrogens with one attached hydrogen (secondary N) is 1. The van der Waals surface area contributed by atoms with Gasteiger partial charge in [-0.05, 0) is 74.7 Å². The van der Waals surface area contributed by atoms with E-state index in [1.54, 1.807) is 6.92 Å². The summed E-state index contributed by atoms with van der Waals surface area (Å²) in [6.07, 6.45) is -0.612. The fourth-order valence-corrected chi connectivity index (χ4v) is 2.55. The predicted octanol–water partition coefficient (Wildman–Crippen LogP) is 5.43. The molecule has 3 nitrogen and oxygen atoms in total. The van der Waals surface area contributed by atoms with Crippen LogP contribution >= 0.6 is 27.5 Å². The number of aryl methyl sites for hydroxylation is 3. The van der Waals surface area contributed by atoms with Gasteiger partial charge < -0.3 is 10.1 Å². The van der Waals surface area contributed by atoms with Crippen molar-refractivity contribution in [3.8, 4) is 5.75 Å². The average Bonchev–Trinajstić information content (AvgIpc) is 2.48. The van der Waals surface area contributed by atoms with Gasteiger partial charge in [0.15, 0.2) is 6.10 Å². The molecule has 2 aromatic rings. The van der Waals surface area contributed by atoms with E-state index >= 15 is 0 Å². The van der Waals surface area contributed by atoms with Crippen molar-refractivity contribution in [3.63, 3.8) is 0 Å². The summed E-state index contributed by atoms with van der Waals surface area (Å²) >= 11 is 9.58. The van der Waals surface area contributed by atoms with Crippen molar-refractivity contribution in [1.29, 1.82) is 0 Å². The van der Waals surface area contributed by atoms with E-state index < -0.39 is 6.10 Å². The molecule has 23 heavy (non-hydrogen) atoms. The van der Waals surface area contributed by atoms with Gasteiger partial charge in [0.1, 0.15) is 5.75 Å². The third-order valence-corrected chi connectivity index (χ3v) is 5.00. The normalized spacial score (nSPS) is 11.9. The number of halogens is 2. The number of carbonyl (C=O) groups is 1. The Morgan fingerprint density at radius 2 is 1.74 bits per heavy atom. The SMILES string of the molecule is Cc1cc(NC(=O)[C@@H](C)Oc2cc(C)c(Cl)c(C)c2)ccc1Br. The summed E-state index contributed by atoms with van der Waals surface area (Å²) in [7, 11) is 0. The average molecular weight is 397 g/mol. The zero-order chi connectivity index (χ0) is 17.1. The lowest BCUT2D eigenvalue weighted by Crippen LogP contribution is -2.30. The molecule has 0 aromatic heterocycles. The minimum absolute atomic E-state index is 0.197. The van der Waals surface area contributed by atoms with E-state index in [0.717, 1.165) is 31.9 Å². The Kier molecular flexibility index (Phi) is 5.71. The number of hydrogen-bond donors (Lipinski definition) is 1. The van der Waals surface area contributed by atoms with Crippen LogP contribution in [0.5, 0.6) is 5.75 Å². The van der Waals surface area contributed by atoms with Crippen molar-refractivity contribution in [1.82, 2.24) is 0 Å². The van der Waals surface area contributed by atoms with Crippen LogP contribution in [0.15, 0.2) is 34.8 Å². The van der Waals surface area contributed by atoms with E-state index in [9.17, 15) is 4.79 Å². The molecule has 0 heterocycles. The number of hydrogen-bond acceptors (Lipinski definition) is 2. The Bertz CT molecular complexity index is 723. The maximum Gasteiger partial charge on any atom is 0.265 e. The first-order valence-corrected chi connectivity index (χ1v) is 8.45. The van der Waals surface area contributed by atoms with Gasteiger partial charge in [-0.2, -0.15) is 0 Å². The van der Waals surface area contributed by atoms with Crippen molar-refractivity contribution in [2.75, 3.05) is 5.32 Å². The number of amides is 1. The maximum absolute atomic E-state index is 12.3. The lowest BCUT2D eigenvalue weighted by Gasteiger charge is -2.16. The van der Waals surface area contributed by atoms with Crippen molar-refractivity contribution in [2.45, 2.75) is 33.8 Å². The van der Waals surface area contributed by atoms with Crippen LogP contribution in [-0.4, -0.2) is 12.0 Å². The molecule has 0 aliphatic heterocycles. The minimum Gasteiger partial charge on any atom is -0.481 e. The molecule has 5 heteroatoms. The molecule has 0 radical (unpaired) electrons. The van der Waals surface area contributed by atoms with Gasteiger partial charge in [-0.15, -0.1) is 0 Å². The van der Waals surface area contributed by atoms with Crippen LogP contribution in [0.2, 0.25) is 5.02 Å². The van der Waals surface area contributed by atoms with E-state index in [0.29, 0.717) is 5.75 Å². The minimum atomic E-state index is -0.612. The Balaban J connectivity index is 2.06. The smallest absolute Gasteiger partial charge is 0.265 e. The van der Waals surface area contributed by atoms with Crippen molar-refractivity contribution in [2.24, 2.45) is 0 Å². The molecule has 0 bridgehead atoms. The lowest BCUT2D eigenvalue weighted by molar-refractivity contribution is -0.122. The van der Waals surface area contributed by atoms with E-state index in [1.165, 1.54) is 0 Å². The maximum atomic E-state index is 12.3. The number of anilines is 1. The standard InChI is InChI=1S/C18H19BrClNO2/c1-10-7-14(5-6-16(10)19)21-18(22)13(4)23-15-8-11(2)17(20)12(3)9-15/h5-9,13H,1-4H3,(H,21,22)/t13-/m1/s1. The molecule has 0 spiro atoms. The van der Waals surface area contributed by atoms with Gasteiger partial charge in [0.05, 0.1) is 0 Å². The Morgan fingerprint density at radius 3 is 2.30 bits per heavy atom. The second-order valence-corrected chi connectivity index (χ2v) is 6.82. The Morgan fingerprint density at radius 1 is 1.13 bits per heavy atom. The summed E-state index contributed by atoms with van der Waals surface area (Å²) in [4.78, 5) is 12.3. The molecule has 2 aromatic carbocycles. The van der Waals surface area contributed by atoms with Crippen molar-refractivity contribution >= 4 is 39.1 Å². The molecule has 1 N–H and O–H groups in total. The highest BCUT2D eigenvalue weighted by atomic mass is 79.9. The summed E-state index contributed by atoms with van der Waals surface area (Å²) in [6, 6.07) is 9.33. The van der Waals surface area contributed by atoms with E-state index in [2.05, 4.69) is 21.2 Å². The monoisotopic (exact) mass is 395 g/mol. The molecule has 0 aliphatic carbocycles. The number of carbonyl (C=O) groups excluding carboxylic acids is 1.